The fraction of sp³-hybridized carbons (Fsp3) is 0.391. The molecule has 1 heterocycles. The normalized spacial score (nSPS) is 15.1. The Kier molecular flexibility index (Phi) is 7.01. The van der Waals surface area contributed by atoms with Crippen LogP contribution in [0.4, 0.5) is 11.4 Å². The molecule has 0 radical (unpaired) electrons. The Hall–Kier alpha value is -2.70. The van der Waals surface area contributed by atoms with Crippen molar-refractivity contribution in [2.24, 2.45) is 0 Å². The van der Waals surface area contributed by atoms with E-state index in [1.54, 1.807) is 24.3 Å². The highest BCUT2D eigenvalue weighted by Gasteiger charge is 2.21. The minimum Gasteiger partial charge on any atom is -0.392 e. The smallest absolute Gasteiger partial charge is 0.238 e. The number of anilines is 2. The molecule has 6 heteroatoms. The van der Waals surface area contributed by atoms with Gasteiger partial charge in [0.15, 0.2) is 5.78 Å². The van der Waals surface area contributed by atoms with Gasteiger partial charge in [-0.25, -0.2) is 0 Å². The highest BCUT2D eigenvalue weighted by atomic mass is 16.3. The van der Waals surface area contributed by atoms with Gasteiger partial charge in [0.2, 0.25) is 5.91 Å². The van der Waals surface area contributed by atoms with Crippen LogP contribution in [0.5, 0.6) is 0 Å². The second-order valence-electron chi connectivity index (χ2n) is 7.70. The maximum Gasteiger partial charge on any atom is 0.238 e. The number of likely N-dealkylation sites (tertiary alicyclic amines) is 1. The number of nitrogens with zero attached hydrogens (tertiary/aromatic N) is 1. The van der Waals surface area contributed by atoms with Gasteiger partial charge in [0.1, 0.15) is 0 Å². The first kappa shape index (κ1) is 21.0. The van der Waals surface area contributed by atoms with Gasteiger partial charge in [-0.2, -0.15) is 0 Å². The van der Waals surface area contributed by atoms with E-state index in [0.717, 1.165) is 42.7 Å². The molecule has 154 valence electrons. The third-order valence-corrected chi connectivity index (χ3v) is 5.32. The zero-order valence-electron chi connectivity index (χ0n) is 17.1. The summed E-state index contributed by atoms with van der Waals surface area (Å²) in [5.74, 6) is -0.0378. The van der Waals surface area contributed by atoms with Crippen molar-refractivity contribution >= 4 is 23.1 Å². The average Bonchev–Trinajstić information content (AvgIpc) is 2.71. The number of carbonyl (C=O) groups excluding carboxylic acids is 2. The van der Waals surface area contributed by atoms with Gasteiger partial charge in [-0.15, -0.1) is 0 Å². The quantitative estimate of drug-likeness (QED) is 0.627. The van der Waals surface area contributed by atoms with Crippen LogP contribution >= 0.6 is 0 Å². The molecular formula is C23H29N3O3. The molecule has 1 aliphatic heterocycles. The maximum atomic E-state index is 12.3. The zero-order valence-corrected chi connectivity index (χ0v) is 17.1. The standard InChI is InChI=1S/C23H29N3O3/c1-16-3-8-22(19(13-16)15-27)24-21-9-11-26(12-10-21)14-23(29)25-20-6-4-18(5-7-20)17(2)28/h3-8,13,21,24,27H,9-12,14-15H2,1-2H3,(H,25,29). The molecule has 0 spiro atoms. The molecule has 1 amide bonds. The van der Waals surface area contributed by atoms with E-state index < -0.39 is 0 Å². The van der Waals surface area contributed by atoms with Crippen LogP contribution in [0.3, 0.4) is 0 Å². The molecule has 0 unspecified atom stereocenters. The zero-order chi connectivity index (χ0) is 20.8. The predicted molar refractivity (Wildman–Crippen MR) is 115 cm³/mol. The van der Waals surface area contributed by atoms with Gasteiger partial charge < -0.3 is 15.7 Å². The number of nitrogens with one attached hydrogen (secondary N) is 2. The number of ketones is 1. The second kappa shape index (κ2) is 9.67. The minimum atomic E-state index is -0.0481. The summed E-state index contributed by atoms with van der Waals surface area (Å²) in [4.78, 5) is 25.8. The van der Waals surface area contributed by atoms with Crippen LogP contribution in [0.25, 0.3) is 0 Å². The van der Waals surface area contributed by atoms with E-state index in [0.29, 0.717) is 23.8 Å². The molecule has 0 aromatic heterocycles. The first-order chi connectivity index (χ1) is 13.9. The van der Waals surface area contributed by atoms with Crippen LogP contribution < -0.4 is 10.6 Å². The van der Waals surface area contributed by atoms with Gasteiger partial charge in [0.25, 0.3) is 0 Å². The van der Waals surface area contributed by atoms with Crippen LogP contribution in [0.15, 0.2) is 42.5 Å². The summed E-state index contributed by atoms with van der Waals surface area (Å²) in [5, 5.41) is 16.0. The van der Waals surface area contributed by atoms with Gasteiger partial charge in [-0.3, -0.25) is 14.5 Å². The lowest BCUT2D eigenvalue weighted by molar-refractivity contribution is -0.117. The fourth-order valence-corrected chi connectivity index (χ4v) is 3.64. The highest BCUT2D eigenvalue weighted by molar-refractivity contribution is 5.96. The summed E-state index contributed by atoms with van der Waals surface area (Å²) < 4.78 is 0. The van der Waals surface area contributed by atoms with Gasteiger partial charge >= 0.3 is 0 Å². The lowest BCUT2D eigenvalue weighted by Crippen LogP contribution is -2.42. The number of Topliss-reactive ketones (excluding diaryl/α,β-unsaturated/α-hetero) is 1. The molecule has 1 aliphatic rings. The molecule has 29 heavy (non-hydrogen) atoms. The van der Waals surface area contributed by atoms with Crippen LogP contribution in [0.1, 0.15) is 41.3 Å². The van der Waals surface area contributed by atoms with Crippen LogP contribution in [-0.4, -0.2) is 47.4 Å². The topological polar surface area (TPSA) is 81.7 Å². The van der Waals surface area contributed by atoms with Crippen LogP contribution in [0.2, 0.25) is 0 Å². The highest BCUT2D eigenvalue weighted by Crippen LogP contribution is 2.22. The van der Waals surface area contributed by atoms with Crippen molar-refractivity contribution in [3.63, 3.8) is 0 Å². The number of piperidine rings is 1. The van der Waals surface area contributed by atoms with Gasteiger partial charge in [0.05, 0.1) is 13.2 Å². The average molecular weight is 396 g/mol. The lowest BCUT2D eigenvalue weighted by Gasteiger charge is -2.32. The SMILES string of the molecule is CC(=O)c1ccc(NC(=O)CN2CCC(Nc3ccc(C)cc3CO)CC2)cc1. The third kappa shape index (κ3) is 5.89. The van der Waals surface area contributed by atoms with E-state index >= 15 is 0 Å². The molecule has 3 N–H and O–H groups in total. The molecule has 0 aliphatic carbocycles. The summed E-state index contributed by atoms with van der Waals surface area (Å²) in [5.41, 5.74) is 4.38. The summed E-state index contributed by atoms with van der Waals surface area (Å²) >= 11 is 0. The number of aryl methyl sites for hydroxylation is 1. The Morgan fingerprint density at radius 1 is 1.10 bits per heavy atom. The van der Waals surface area contributed by atoms with Crippen molar-refractivity contribution in [1.82, 2.24) is 4.90 Å². The Labute approximate surface area is 171 Å². The molecule has 1 fully saturated rings. The molecular weight excluding hydrogens is 366 g/mol. The lowest BCUT2D eigenvalue weighted by atomic mass is 10.0. The number of hydrogen-bond acceptors (Lipinski definition) is 5. The number of hydrogen-bond donors (Lipinski definition) is 3. The van der Waals surface area contributed by atoms with Crippen LogP contribution in [0, 0.1) is 6.92 Å². The van der Waals surface area contributed by atoms with Crippen molar-refractivity contribution in [3.8, 4) is 0 Å². The molecule has 0 atom stereocenters. The summed E-state index contributed by atoms with van der Waals surface area (Å²) in [6.45, 7) is 5.60. The maximum absolute atomic E-state index is 12.3. The molecule has 6 nitrogen and oxygen atoms in total. The van der Waals surface area contributed by atoms with E-state index in [2.05, 4.69) is 15.5 Å². The number of amides is 1. The molecule has 0 bridgehead atoms. The largest absolute Gasteiger partial charge is 0.392 e. The third-order valence-electron chi connectivity index (χ3n) is 5.32. The number of carbonyl (C=O) groups is 2. The van der Waals surface area contributed by atoms with Gasteiger partial charge in [-0.05, 0) is 57.0 Å². The van der Waals surface area contributed by atoms with Gasteiger partial charge in [-0.1, -0.05) is 17.7 Å². The molecule has 3 rings (SSSR count). The van der Waals surface area contributed by atoms with E-state index in [-0.39, 0.29) is 18.3 Å². The van der Waals surface area contributed by atoms with Crippen molar-refractivity contribution in [3.05, 3.63) is 59.2 Å². The Morgan fingerprint density at radius 3 is 2.41 bits per heavy atom. The number of benzene rings is 2. The van der Waals surface area contributed by atoms with Gasteiger partial charge in [0, 0.05) is 41.6 Å². The first-order valence-electron chi connectivity index (χ1n) is 10.0. The predicted octanol–water partition coefficient (Wildman–Crippen LogP) is 3.20. The summed E-state index contributed by atoms with van der Waals surface area (Å²) in [6, 6.07) is 13.4. The van der Waals surface area contributed by atoms with E-state index in [4.69, 9.17) is 0 Å². The monoisotopic (exact) mass is 395 g/mol. The first-order valence-corrected chi connectivity index (χ1v) is 10.0. The minimum absolute atomic E-state index is 0.0103. The summed E-state index contributed by atoms with van der Waals surface area (Å²) in [7, 11) is 0. The van der Waals surface area contributed by atoms with E-state index in [1.165, 1.54) is 6.92 Å². The number of aliphatic hydroxyl groups is 1. The number of aliphatic hydroxyl groups excluding tert-OH is 1. The molecule has 1 saturated heterocycles. The molecule has 2 aromatic carbocycles. The Morgan fingerprint density at radius 2 is 1.79 bits per heavy atom. The van der Waals surface area contributed by atoms with E-state index in [9.17, 15) is 14.7 Å². The Balaban J connectivity index is 1.46. The molecule has 2 aromatic rings. The van der Waals surface area contributed by atoms with Crippen molar-refractivity contribution in [2.45, 2.75) is 39.3 Å². The Bertz CT molecular complexity index is 856. The number of rotatable bonds is 7. The fourth-order valence-electron chi connectivity index (χ4n) is 3.64. The second-order valence-corrected chi connectivity index (χ2v) is 7.70. The van der Waals surface area contributed by atoms with Crippen molar-refractivity contribution < 1.29 is 14.7 Å². The summed E-state index contributed by atoms with van der Waals surface area (Å²) in [6.07, 6.45) is 1.89. The van der Waals surface area contributed by atoms with Crippen LogP contribution in [-0.2, 0) is 11.4 Å². The van der Waals surface area contributed by atoms with E-state index in [1.807, 2.05) is 25.1 Å². The van der Waals surface area contributed by atoms with Crippen molar-refractivity contribution in [2.75, 3.05) is 30.3 Å². The molecule has 0 saturated carbocycles. The van der Waals surface area contributed by atoms with Crippen molar-refractivity contribution in [1.29, 1.82) is 0 Å².